The zero-order valence-corrected chi connectivity index (χ0v) is 17.9. The lowest BCUT2D eigenvalue weighted by molar-refractivity contribution is -0.147. The minimum atomic E-state index is -0.679. The Hall–Kier alpha value is -2.56. The highest BCUT2D eigenvalue weighted by Gasteiger charge is 2.33. The molecule has 0 unspecified atom stereocenters. The molecule has 0 saturated carbocycles. The number of halogens is 1. The van der Waals surface area contributed by atoms with Crippen LogP contribution in [-0.4, -0.2) is 42.2 Å². The first-order chi connectivity index (χ1) is 14.5. The fourth-order valence-electron chi connectivity index (χ4n) is 4.12. The van der Waals surface area contributed by atoms with E-state index in [4.69, 9.17) is 21.4 Å². The van der Waals surface area contributed by atoms with Gasteiger partial charge in [-0.15, -0.1) is 0 Å². The predicted octanol–water partition coefficient (Wildman–Crippen LogP) is 5.17. The molecular formula is C25H26ClNO3. The van der Waals surface area contributed by atoms with Crippen molar-refractivity contribution >= 4 is 29.2 Å². The Labute approximate surface area is 182 Å². The van der Waals surface area contributed by atoms with Crippen LogP contribution in [0.3, 0.4) is 0 Å². The second-order valence-corrected chi connectivity index (χ2v) is 8.48. The molecule has 0 amide bonds. The summed E-state index contributed by atoms with van der Waals surface area (Å²) in [6, 6.07) is 14.0. The lowest BCUT2D eigenvalue weighted by Gasteiger charge is -2.38. The van der Waals surface area contributed by atoms with Gasteiger partial charge in [-0.1, -0.05) is 41.4 Å². The molecule has 1 heterocycles. The van der Waals surface area contributed by atoms with E-state index >= 15 is 0 Å². The van der Waals surface area contributed by atoms with Crippen molar-refractivity contribution in [2.75, 3.05) is 26.2 Å². The highest BCUT2D eigenvalue weighted by atomic mass is 35.5. The molecule has 1 aliphatic heterocycles. The van der Waals surface area contributed by atoms with Crippen LogP contribution in [0.1, 0.15) is 30.0 Å². The van der Waals surface area contributed by atoms with Crippen LogP contribution in [0.4, 0.5) is 0 Å². The number of rotatable bonds is 7. The molecule has 0 bridgehead atoms. The van der Waals surface area contributed by atoms with Crippen LogP contribution >= 0.6 is 11.6 Å². The fourth-order valence-corrected chi connectivity index (χ4v) is 4.25. The molecule has 0 atom stereocenters. The van der Waals surface area contributed by atoms with Crippen LogP contribution in [0.2, 0.25) is 5.02 Å². The summed E-state index contributed by atoms with van der Waals surface area (Å²) in [4.78, 5) is 13.2. The normalized spacial score (nSPS) is 17.1. The summed E-state index contributed by atoms with van der Waals surface area (Å²) in [7, 11) is 0. The third-order valence-electron chi connectivity index (χ3n) is 5.95. The van der Waals surface area contributed by atoms with Gasteiger partial charge >= 0.3 is 5.97 Å². The van der Waals surface area contributed by atoms with Gasteiger partial charge in [0.05, 0.1) is 5.92 Å². The molecule has 4 rings (SSSR count). The third kappa shape index (κ3) is 4.77. The molecule has 1 fully saturated rings. The van der Waals surface area contributed by atoms with Gasteiger partial charge in [-0.25, -0.2) is 0 Å². The van der Waals surface area contributed by atoms with Crippen LogP contribution < -0.4 is 4.74 Å². The Kier molecular flexibility index (Phi) is 6.26. The van der Waals surface area contributed by atoms with Gasteiger partial charge < -0.3 is 9.84 Å². The van der Waals surface area contributed by atoms with E-state index in [1.165, 1.54) is 22.3 Å². The van der Waals surface area contributed by atoms with Crippen molar-refractivity contribution in [1.29, 1.82) is 0 Å². The fraction of sp³-hybridized carbons (Fsp3) is 0.320. The summed E-state index contributed by atoms with van der Waals surface area (Å²) in [5, 5.41) is 9.79. The van der Waals surface area contributed by atoms with E-state index < -0.39 is 5.97 Å². The number of nitrogens with zero attached hydrogens (tertiary/aromatic N) is 1. The number of aryl methyl sites for hydroxylation is 1. The van der Waals surface area contributed by atoms with Gasteiger partial charge in [-0.2, -0.15) is 0 Å². The van der Waals surface area contributed by atoms with E-state index in [0.29, 0.717) is 19.7 Å². The molecule has 5 heteroatoms. The number of fused-ring (bicyclic) bond motifs is 1. The molecule has 0 spiro atoms. The Bertz CT molecular complexity index is 988. The van der Waals surface area contributed by atoms with E-state index in [-0.39, 0.29) is 5.92 Å². The molecule has 1 saturated heterocycles. The van der Waals surface area contributed by atoms with Crippen LogP contribution in [0.25, 0.3) is 11.6 Å². The first-order valence-electron chi connectivity index (χ1n) is 10.3. The average Bonchev–Trinajstić information content (AvgIpc) is 2.70. The van der Waals surface area contributed by atoms with E-state index in [9.17, 15) is 4.79 Å². The molecule has 1 aliphatic carbocycles. The molecule has 0 radical (unpaired) electrons. The van der Waals surface area contributed by atoms with Crippen molar-refractivity contribution < 1.29 is 14.6 Å². The quantitative estimate of drug-likeness (QED) is 0.667. The number of allylic oxidation sites excluding steroid dienone is 1. The Balaban J connectivity index is 1.34. The highest BCUT2D eigenvalue weighted by Crippen LogP contribution is 2.34. The zero-order chi connectivity index (χ0) is 21.1. The number of aliphatic carboxylic acids is 1. The second-order valence-electron chi connectivity index (χ2n) is 8.04. The first-order valence-corrected chi connectivity index (χ1v) is 10.7. The Morgan fingerprint density at radius 1 is 1.20 bits per heavy atom. The van der Waals surface area contributed by atoms with Crippen LogP contribution in [-0.2, 0) is 11.2 Å². The lowest BCUT2D eigenvalue weighted by Crippen LogP contribution is -2.50. The number of likely N-dealkylation sites (tertiary alicyclic amines) is 1. The number of carboxylic acids is 1. The maximum atomic E-state index is 11.0. The summed E-state index contributed by atoms with van der Waals surface area (Å²) in [5.74, 6) is 0.00881. The number of hydrogen-bond acceptors (Lipinski definition) is 3. The highest BCUT2D eigenvalue weighted by molar-refractivity contribution is 6.30. The smallest absolute Gasteiger partial charge is 0.309 e. The molecule has 2 aromatic carbocycles. The molecule has 156 valence electrons. The summed E-state index contributed by atoms with van der Waals surface area (Å²) in [6.45, 7) is 4.89. The SMILES string of the molecule is CC1=C(CN2CC(C(=O)O)C2)CCc2cc(OC/C=C/c3ccc(Cl)cc3)ccc21. The van der Waals surface area contributed by atoms with Crippen molar-refractivity contribution in [3.63, 3.8) is 0 Å². The molecular weight excluding hydrogens is 398 g/mol. The van der Waals surface area contributed by atoms with Gasteiger partial charge in [0.25, 0.3) is 0 Å². The van der Waals surface area contributed by atoms with E-state index in [2.05, 4.69) is 24.0 Å². The first kappa shape index (κ1) is 20.7. The molecule has 30 heavy (non-hydrogen) atoms. The van der Waals surface area contributed by atoms with Gasteiger partial charge in [0.1, 0.15) is 12.4 Å². The summed E-state index contributed by atoms with van der Waals surface area (Å²) >= 11 is 5.91. The second kappa shape index (κ2) is 9.07. The monoisotopic (exact) mass is 423 g/mol. The van der Waals surface area contributed by atoms with Gasteiger partial charge in [0.2, 0.25) is 0 Å². The van der Waals surface area contributed by atoms with E-state index in [1.807, 2.05) is 42.5 Å². The van der Waals surface area contributed by atoms with E-state index in [0.717, 1.165) is 35.7 Å². The summed E-state index contributed by atoms with van der Waals surface area (Å²) < 4.78 is 5.91. The Morgan fingerprint density at radius 2 is 1.97 bits per heavy atom. The predicted molar refractivity (Wildman–Crippen MR) is 121 cm³/mol. The lowest BCUT2D eigenvalue weighted by atomic mass is 9.85. The molecule has 0 aromatic heterocycles. The van der Waals surface area contributed by atoms with Crippen molar-refractivity contribution in [1.82, 2.24) is 4.90 Å². The minimum Gasteiger partial charge on any atom is -0.490 e. The maximum absolute atomic E-state index is 11.0. The van der Waals surface area contributed by atoms with Gasteiger partial charge in [0.15, 0.2) is 0 Å². The number of carboxylic acid groups (broad SMARTS) is 1. The summed E-state index contributed by atoms with van der Waals surface area (Å²) in [6.07, 6.45) is 6.05. The molecule has 2 aliphatic rings. The van der Waals surface area contributed by atoms with Gasteiger partial charge in [-0.3, -0.25) is 9.69 Å². The maximum Gasteiger partial charge on any atom is 0.309 e. The zero-order valence-electron chi connectivity index (χ0n) is 17.1. The Morgan fingerprint density at radius 3 is 2.70 bits per heavy atom. The third-order valence-corrected chi connectivity index (χ3v) is 6.21. The van der Waals surface area contributed by atoms with Crippen LogP contribution in [0.5, 0.6) is 5.75 Å². The van der Waals surface area contributed by atoms with Crippen LogP contribution in [0.15, 0.2) is 54.1 Å². The molecule has 2 aromatic rings. The number of hydrogen-bond donors (Lipinski definition) is 1. The number of carbonyl (C=O) groups is 1. The summed E-state index contributed by atoms with van der Waals surface area (Å²) in [5.41, 5.74) is 6.45. The van der Waals surface area contributed by atoms with Gasteiger partial charge in [-0.05, 0) is 72.4 Å². The number of ether oxygens (including phenoxy) is 1. The topological polar surface area (TPSA) is 49.8 Å². The minimum absolute atomic E-state index is 0.199. The van der Waals surface area contributed by atoms with Gasteiger partial charge in [0, 0.05) is 24.7 Å². The average molecular weight is 424 g/mol. The molecule has 1 N–H and O–H groups in total. The molecule has 4 nitrogen and oxygen atoms in total. The van der Waals surface area contributed by atoms with Crippen molar-refractivity contribution in [2.24, 2.45) is 5.92 Å². The largest absolute Gasteiger partial charge is 0.490 e. The van der Waals surface area contributed by atoms with Crippen molar-refractivity contribution in [3.8, 4) is 5.75 Å². The van der Waals surface area contributed by atoms with Crippen molar-refractivity contribution in [2.45, 2.75) is 19.8 Å². The van der Waals surface area contributed by atoms with E-state index in [1.54, 1.807) is 0 Å². The van der Waals surface area contributed by atoms with Crippen LogP contribution in [0, 0.1) is 5.92 Å². The standard InChI is InChI=1S/C25H26ClNO3/c1-17-20(14-27-15-21(16-27)25(28)29)7-6-19-13-23(10-11-24(17)19)30-12-2-3-18-4-8-22(26)9-5-18/h2-5,8-11,13,21H,6-7,12,14-16H2,1H3,(H,28,29)/b3-2+. The number of benzene rings is 2. The van der Waals surface area contributed by atoms with Crippen molar-refractivity contribution in [3.05, 3.63) is 75.8 Å².